The monoisotopic (exact) mass is 267 g/mol. The Hall–Kier alpha value is -2.41. The van der Waals surface area contributed by atoms with Crippen molar-refractivity contribution in [3.63, 3.8) is 0 Å². The van der Waals surface area contributed by atoms with Gasteiger partial charge >= 0.3 is 18.0 Å². The van der Waals surface area contributed by atoms with Gasteiger partial charge in [-0.25, -0.2) is 14.4 Å². The number of carbonyl (C=O) groups excluding carboxylic acids is 3. The van der Waals surface area contributed by atoms with Crippen molar-refractivity contribution in [1.82, 2.24) is 5.32 Å². The number of hydrogen-bond donors (Lipinski definition) is 1. The van der Waals surface area contributed by atoms with Crippen LogP contribution in [0.15, 0.2) is 30.3 Å². The summed E-state index contributed by atoms with van der Waals surface area (Å²) in [6, 6.07) is 7.95. The van der Waals surface area contributed by atoms with E-state index in [1.807, 2.05) is 5.32 Å². The number of rotatable bonds is 4. The van der Waals surface area contributed by atoms with Gasteiger partial charge in [-0.1, -0.05) is 18.2 Å². The number of benzene rings is 1. The summed E-state index contributed by atoms with van der Waals surface area (Å²) in [5.74, 6) is -1.65. The number of nitrogens with one attached hydrogen (secondary N) is 1. The van der Waals surface area contributed by atoms with Crippen molar-refractivity contribution in [2.24, 2.45) is 0 Å². The highest BCUT2D eigenvalue weighted by atomic mass is 16.6. The maximum atomic E-state index is 11.5. The van der Waals surface area contributed by atoms with E-state index in [4.69, 9.17) is 0 Å². The Morgan fingerprint density at radius 2 is 1.74 bits per heavy atom. The molecule has 0 radical (unpaired) electrons. The molecule has 1 aromatic rings. The van der Waals surface area contributed by atoms with Crippen LogP contribution in [0.3, 0.4) is 0 Å². The largest absolute Gasteiger partial charge is 0.466 e. The number of esters is 2. The number of hydrogen-bond acceptors (Lipinski definition) is 6. The van der Waals surface area contributed by atoms with Crippen molar-refractivity contribution >= 4 is 18.0 Å². The molecule has 19 heavy (non-hydrogen) atoms. The molecular formula is C12H13NO6. The topological polar surface area (TPSA) is 90.9 Å². The van der Waals surface area contributed by atoms with Crippen molar-refractivity contribution in [2.75, 3.05) is 14.2 Å². The summed E-state index contributed by atoms with van der Waals surface area (Å²) in [4.78, 5) is 34.0. The van der Waals surface area contributed by atoms with Gasteiger partial charge in [0.05, 0.1) is 12.7 Å². The molecule has 0 heterocycles. The van der Waals surface area contributed by atoms with Crippen molar-refractivity contribution in [3.8, 4) is 0 Å². The zero-order valence-corrected chi connectivity index (χ0v) is 10.4. The Balaban J connectivity index is 2.56. The number of ether oxygens (including phenoxy) is 3. The van der Waals surface area contributed by atoms with E-state index in [-0.39, 0.29) is 5.56 Å². The lowest BCUT2D eigenvalue weighted by molar-refractivity contribution is -0.153. The van der Waals surface area contributed by atoms with Gasteiger partial charge in [-0.15, -0.1) is 0 Å². The molecule has 0 saturated carbocycles. The minimum atomic E-state index is -1.33. The van der Waals surface area contributed by atoms with Gasteiger partial charge in [0.2, 0.25) is 6.23 Å². The Labute approximate surface area is 109 Å². The molecule has 1 N–H and O–H groups in total. The molecule has 1 unspecified atom stereocenters. The third kappa shape index (κ3) is 4.40. The van der Waals surface area contributed by atoms with Gasteiger partial charge in [0.1, 0.15) is 0 Å². The molecule has 0 aliphatic rings. The fraction of sp³-hybridized carbons (Fsp3) is 0.250. The Kier molecular flexibility index (Phi) is 5.49. The van der Waals surface area contributed by atoms with Crippen LogP contribution in [0.5, 0.6) is 0 Å². The second-order valence-corrected chi connectivity index (χ2v) is 3.33. The Morgan fingerprint density at radius 1 is 1.11 bits per heavy atom. The quantitative estimate of drug-likeness (QED) is 0.490. The Morgan fingerprint density at radius 3 is 2.26 bits per heavy atom. The molecule has 1 rings (SSSR count). The van der Waals surface area contributed by atoms with Gasteiger partial charge < -0.3 is 14.2 Å². The molecule has 1 atom stereocenters. The highest BCUT2D eigenvalue weighted by Gasteiger charge is 2.23. The predicted molar refractivity (Wildman–Crippen MR) is 63.2 cm³/mol. The van der Waals surface area contributed by atoms with E-state index in [1.54, 1.807) is 18.2 Å². The predicted octanol–water partition coefficient (Wildman–Crippen LogP) is 0.698. The summed E-state index contributed by atoms with van der Waals surface area (Å²) in [6.07, 6.45) is -2.44. The first-order valence-corrected chi connectivity index (χ1v) is 5.26. The summed E-state index contributed by atoms with van der Waals surface area (Å²) in [5, 5.41) is 2.04. The van der Waals surface area contributed by atoms with Crippen LogP contribution in [0.25, 0.3) is 0 Å². The van der Waals surface area contributed by atoms with Crippen LogP contribution in [-0.2, 0) is 19.0 Å². The molecule has 0 fully saturated rings. The summed E-state index contributed by atoms with van der Waals surface area (Å²) >= 11 is 0. The highest BCUT2D eigenvalue weighted by Crippen LogP contribution is 2.01. The molecular weight excluding hydrogens is 254 g/mol. The first-order chi connectivity index (χ1) is 9.08. The van der Waals surface area contributed by atoms with Crippen LogP contribution in [0.1, 0.15) is 10.4 Å². The van der Waals surface area contributed by atoms with E-state index in [9.17, 15) is 14.4 Å². The molecule has 0 aliphatic carbocycles. The molecule has 1 amide bonds. The molecule has 0 spiro atoms. The first-order valence-electron chi connectivity index (χ1n) is 5.26. The van der Waals surface area contributed by atoms with E-state index in [0.717, 1.165) is 7.11 Å². The summed E-state index contributed by atoms with van der Waals surface area (Å²) in [6.45, 7) is 0. The van der Waals surface area contributed by atoms with Crippen molar-refractivity contribution in [3.05, 3.63) is 35.9 Å². The molecule has 1 aromatic carbocycles. The van der Waals surface area contributed by atoms with Gasteiger partial charge in [0, 0.05) is 7.11 Å². The molecule has 7 nitrogen and oxygen atoms in total. The minimum Gasteiger partial charge on any atom is -0.466 e. The molecule has 0 aromatic heterocycles. The summed E-state index contributed by atoms with van der Waals surface area (Å²) < 4.78 is 13.5. The summed E-state index contributed by atoms with van der Waals surface area (Å²) in [5.41, 5.74) is 0.213. The zero-order chi connectivity index (χ0) is 14.3. The van der Waals surface area contributed by atoms with E-state index in [1.165, 1.54) is 19.2 Å². The van der Waals surface area contributed by atoms with Gasteiger partial charge in [-0.3, -0.25) is 5.32 Å². The first kappa shape index (κ1) is 14.7. The maximum Gasteiger partial charge on any atom is 0.417 e. The van der Waals surface area contributed by atoms with Gasteiger partial charge in [-0.05, 0) is 12.1 Å². The van der Waals surface area contributed by atoms with Crippen molar-refractivity contribution in [1.29, 1.82) is 0 Å². The van der Waals surface area contributed by atoms with E-state index < -0.39 is 24.3 Å². The van der Waals surface area contributed by atoms with E-state index in [0.29, 0.717) is 0 Å². The lowest BCUT2D eigenvalue weighted by Crippen LogP contribution is -2.43. The van der Waals surface area contributed by atoms with E-state index >= 15 is 0 Å². The fourth-order valence-corrected chi connectivity index (χ4v) is 1.17. The van der Waals surface area contributed by atoms with Crippen LogP contribution in [0.4, 0.5) is 4.79 Å². The van der Waals surface area contributed by atoms with Crippen LogP contribution >= 0.6 is 0 Å². The lowest BCUT2D eigenvalue weighted by Gasteiger charge is -2.13. The summed E-state index contributed by atoms with van der Waals surface area (Å²) in [7, 11) is 2.33. The number of amides is 1. The molecule has 0 bridgehead atoms. The number of methoxy groups -OCH3 is 2. The lowest BCUT2D eigenvalue weighted by atomic mass is 10.2. The van der Waals surface area contributed by atoms with Crippen molar-refractivity contribution in [2.45, 2.75) is 6.23 Å². The van der Waals surface area contributed by atoms with Gasteiger partial charge in [-0.2, -0.15) is 0 Å². The van der Waals surface area contributed by atoms with Gasteiger partial charge in [0.25, 0.3) is 0 Å². The van der Waals surface area contributed by atoms with Crippen molar-refractivity contribution < 1.29 is 28.6 Å². The SMILES string of the molecule is COC(=O)C(NC(=O)OC(=O)c1ccccc1)OC. The average Bonchev–Trinajstić information content (AvgIpc) is 2.44. The Bertz CT molecular complexity index is 459. The van der Waals surface area contributed by atoms with Crippen LogP contribution < -0.4 is 5.32 Å². The zero-order valence-electron chi connectivity index (χ0n) is 10.4. The van der Waals surface area contributed by atoms with Gasteiger partial charge in [0.15, 0.2) is 0 Å². The molecule has 102 valence electrons. The normalized spacial score (nSPS) is 11.3. The molecule has 0 aliphatic heterocycles. The second-order valence-electron chi connectivity index (χ2n) is 3.33. The molecule has 7 heteroatoms. The standard InChI is InChI=1S/C12H13NO6/c1-17-9(11(15)18-2)13-12(16)19-10(14)8-6-4-3-5-7-8/h3-7,9H,1-2H3,(H,13,16). The highest BCUT2D eigenvalue weighted by molar-refractivity contribution is 5.96. The smallest absolute Gasteiger partial charge is 0.417 e. The number of alkyl carbamates (subject to hydrolysis) is 1. The minimum absolute atomic E-state index is 0.213. The van der Waals surface area contributed by atoms with E-state index in [2.05, 4.69) is 14.2 Å². The molecule has 0 saturated heterocycles. The maximum absolute atomic E-state index is 11.5. The number of carbonyl (C=O) groups is 3. The third-order valence-electron chi connectivity index (χ3n) is 2.09. The second kappa shape index (κ2) is 7.12. The van der Waals surface area contributed by atoms with Crippen LogP contribution in [-0.4, -0.2) is 38.5 Å². The average molecular weight is 267 g/mol. The van der Waals surface area contributed by atoms with Crippen LogP contribution in [0, 0.1) is 0 Å². The fourth-order valence-electron chi connectivity index (χ4n) is 1.17. The van der Waals surface area contributed by atoms with Crippen LogP contribution in [0.2, 0.25) is 0 Å². The third-order valence-corrected chi connectivity index (χ3v) is 2.09.